The lowest BCUT2D eigenvalue weighted by atomic mass is 10.2. The quantitative estimate of drug-likeness (QED) is 0.718. The summed E-state index contributed by atoms with van der Waals surface area (Å²) in [6.45, 7) is 3.84. The van der Waals surface area contributed by atoms with E-state index in [0.717, 1.165) is 22.9 Å². The van der Waals surface area contributed by atoms with Crippen LogP contribution in [0.25, 0.3) is 0 Å². The van der Waals surface area contributed by atoms with Crippen molar-refractivity contribution < 1.29 is 4.74 Å². The zero-order valence-electron chi connectivity index (χ0n) is 9.06. The highest BCUT2D eigenvalue weighted by atomic mass is 35.5. The van der Waals surface area contributed by atoms with Crippen LogP contribution in [0.3, 0.4) is 0 Å². The van der Waals surface area contributed by atoms with Crippen molar-refractivity contribution in [2.45, 2.75) is 0 Å². The van der Waals surface area contributed by atoms with Gasteiger partial charge in [-0.25, -0.2) is 0 Å². The molecule has 17 heavy (non-hydrogen) atoms. The standard InChI is InChI=1S/C14H10ClNO/c1-2-16-11-5-3-4-6-13(11)17-14-8-7-10(15)9-12(14)16/h2-9H,1H2. The van der Waals surface area contributed by atoms with E-state index >= 15 is 0 Å². The highest BCUT2D eigenvalue weighted by molar-refractivity contribution is 6.31. The van der Waals surface area contributed by atoms with E-state index in [0.29, 0.717) is 5.02 Å². The summed E-state index contributed by atoms with van der Waals surface area (Å²) >= 11 is 6.01. The molecule has 0 saturated heterocycles. The third-order valence-corrected chi connectivity index (χ3v) is 2.94. The molecule has 0 aromatic heterocycles. The number of halogens is 1. The number of hydrogen-bond acceptors (Lipinski definition) is 2. The van der Waals surface area contributed by atoms with E-state index in [2.05, 4.69) is 6.58 Å². The molecule has 1 aliphatic rings. The molecular weight excluding hydrogens is 234 g/mol. The summed E-state index contributed by atoms with van der Waals surface area (Å²) < 4.78 is 5.82. The van der Waals surface area contributed by atoms with Crippen LogP contribution in [0.4, 0.5) is 11.4 Å². The van der Waals surface area contributed by atoms with Gasteiger partial charge in [0.05, 0.1) is 11.4 Å². The summed E-state index contributed by atoms with van der Waals surface area (Å²) in [5.74, 6) is 1.61. The lowest BCUT2D eigenvalue weighted by molar-refractivity contribution is 0.476. The maximum Gasteiger partial charge on any atom is 0.151 e. The number of anilines is 2. The molecule has 1 aliphatic heterocycles. The second-order valence-electron chi connectivity index (χ2n) is 3.73. The van der Waals surface area contributed by atoms with E-state index in [1.165, 1.54) is 0 Å². The van der Waals surface area contributed by atoms with E-state index in [4.69, 9.17) is 16.3 Å². The van der Waals surface area contributed by atoms with E-state index in [1.807, 2.05) is 47.4 Å². The van der Waals surface area contributed by atoms with Gasteiger partial charge in [0.2, 0.25) is 0 Å². The SMILES string of the molecule is C=CN1c2ccccc2Oc2ccc(Cl)cc21. The Morgan fingerprint density at radius 1 is 1.06 bits per heavy atom. The summed E-state index contributed by atoms with van der Waals surface area (Å²) in [5, 5.41) is 0.679. The molecule has 1 heterocycles. The van der Waals surface area contributed by atoms with Gasteiger partial charge in [-0.2, -0.15) is 0 Å². The van der Waals surface area contributed by atoms with E-state index in [1.54, 1.807) is 6.20 Å². The van der Waals surface area contributed by atoms with E-state index < -0.39 is 0 Å². The second kappa shape index (κ2) is 3.82. The van der Waals surface area contributed by atoms with E-state index in [-0.39, 0.29) is 0 Å². The highest BCUT2D eigenvalue weighted by Gasteiger charge is 2.22. The van der Waals surface area contributed by atoms with Gasteiger partial charge >= 0.3 is 0 Å². The number of nitrogens with zero attached hydrogens (tertiary/aromatic N) is 1. The molecule has 0 bridgehead atoms. The normalized spacial score (nSPS) is 12.4. The maximum absolute atomic E-state index is 6.01. The molecule has 0 radical (unpaired) electrons. The predicted molar refractivity (Wildman–Crippen MR) is 70.3 cm³/mol. The molecule has 0 aliphatic carbocycles. The topological polar surface area (TPSA) is 12.5 Å². The van der Waals surface area contributed by atoms with Gasteiger partial charge in [-0.15, -0.1) is 0 Å². The van der Waals surface area contributed by atoms with Crippen LogP contribution in [0.5, 0.6) is 11.5 Å². The third-order valence-electron chi connectivity index (χ3n) is 2.71. The first-order valence-electron chi connectivity index (χ1n) is 5.28. The van der Waals surface area contributed by atoms with Gasteiger partial charge in [0.25, 0.3) is 0 Å². The lowest BCUT2D eigenvalue weighted by Gasteiger charge is -2.29. The first kappa shape index (κ1) is 10.2. The van der Waals surface area contributed by atoms with Gasteiger partial charge in [-0.3, -0.25) is 0 Å². The zero-order chi connectivity index (χ0) is 11.8. The van der Waals surface area contributed by atoms with Crippen molar-refractivity contribution in [2.75, 3.05) is 4.90 Å². The molecule has 0 saturated carbocycles. The first-order valence-corrected chi connectivity index (χ1v) is 5.65. The van der Waals surface area contributed by atoms with Crippen LogP contribution < -0.4 is 9.64 Å². The fourth-order valence-corrected chi connectivity index (χ4v) is 2.12. The molecule has 0 unspecified atom stereocenters. The summed E-state index contributed by atoms with van der Waals surface area (Å²) in [6, 6.07) is 13.4. The van der Waals surface area contributed by atoms with Crippen LogP contribution in [0, 0.1) is 0 Å². The predicted octanol–water partition coefficient (Wildman–Crippen LogP) is 4.73. The van der Waals surface area contributed by atoms with Crippen molar-refractivity contribution in [3.8, 4) is 11.5 Å². The summed E-state index contributed by atoms with van der Waals surface area (Å²) in [6.07, 6.45) is 1.76. The molecule has 3 rings (SSSR count). The smallest absolute Gasteiger partial charge is 0.151 e. The van der Waals surface area contributed by atoms with Crippen molar-refractivity contribution >= 4 is 23.0 Å². The Morgan fingerprint density at radius 2 is 1.82 bits per heavy atom. The zero-order valence-corrected chi connectivity index (χ0v) is 9.82. The van der Waals surface area contributed by atoms with Crippen molar-refractivity contribution in [1.82, 2.24) is 0 Å². The molecule has 2 nitrogen and oxygen atoms in total. The molecule has 0 fully saturated rings. The number of fused-ring (bicyclic) bond motifs is 2. The summed E-state index contributed by atoms with van der Waals surface area (Å²) in [5.41, 5.74) is 1.88. The van der Waals surface area contributed by atoms with E-state index in [9.17, 15) is 0 Å². The molecule has 2 aromatic carbocycles. The van der Waals surface area contributed by atoms with Gasteiger partial charge < -0.3 is 9.64 Å². The van der Waals surface area contributed by atoms with Crippen LogP contribution >= 0.6 is 11.6 Å². The number of ether oxygens (including phenoxy) is 1. The summed E-state index contributed by atoms with van der Waals surface area (Å²) in [4.78, 5) is 1.97. The Bertz CT molecular complexity index is 595. The Balaban J connectivity index is 2.22. The molecule has 0 spiro atoms. The fourth-order valence-electron chi connectivity index (χ4n) is 1.95. The molecule has 0 amide bonds. The molecular formula is C14H10ClNO. The maximum atomic E-state index is 6.01. The summed E-state index contributed by atoms with van der Waals surface area (Å²) in [7, 11) is 0. The third kappa shape index (κ3) is 1.58. The van der Waals surface area contributed by atoms with Crippen molar-refractivity contribution in [2.24, 2.45) is 0 Å². The van der Waals surface area contributed by atoms with Crippen LogP contribution in [0.1, 0.15) is 0 Å². The fraction of sp³-hybridized carbons (Fsp3) is 0. The minimum atomic E-state index is 0.679. The Labute approximate surface area is 105 Å². The van der Waals surface area contributed by atoms with Crippen LogP contribution in [0.15, 0.2) is 55.2 Å². The van der Waals surface area contributed by atoms with Gasteiger partial charge in [0.1, 0.15) is 0 Å². The second-order valence-corrected chi connectivity index (χ2v) is 4.17. The monoisotopic (exact) mass is 243 g/mol. The minimum absolute atomic E-state index is 0.679. The lowest BCUT2D eigenvalue weighted by Crippen LogP contribution is -2.14. The average Bonchev–Trinajstić information content (AvgIpc) is 2.36. The number of benzene rings is 2. The van der Waals surface area contributed by atoms with Crippen molar-refractivity contribution in [1.29, 1.82) is 0 Å². The number of para-hydroxylation sites is 2. The number of hydrogen-bond donors (Lipinski definition) is 0. The van der Waals surface area contributed by atoms with Crippen LogP contribution in [0.2, 0.25) is 5.02 Å². The van der Waals surface area contributed by atoms with Gasteiger partial charge in [0, 0.05) is 11.2 Å². The molecule has 0 N–H and O–H groups in total. The molecule has 2 aromatic rings. The average molecular weight is 244 g/mol. The number of rotatable bonds is 1. The molecule has 3 heteroatoms. The molecule has 84 valence electrons. The van der Waals surface area contributed by atoms with Gasteiger partial charge in [-0.05, 0) is 30.3 Å². The van der Waals surface area contributed by atoms with Crippen LogP contribution in [-0.2, 0) is 0 Å². The van der Waals surface area contributed by atoms with Gasteiger partial charge in [-0.1, -0.05) is 30.3 Å². The minimum Gasteiger partial charge on any atom is -0.453 e. The largest absolute Gasteiger partial charge is 0.453 e. The van der Waals surface area contributed by atoms with Gasteiger partial charge in [0.15, 0.2) is 11.5 Å². The Hall–Kier alpha value is -1.93. The Morgan fingerprint density at radius 3 is 2.65 bits per heavy atom. The van der Waals surface area contributed by atoms with Crippen molar-refractivity contribution in [3.63, 3.8) is 0 Å². The van der Waals surface area contributed by atoms with Crippen molar-refractivity contribution in [3.05, 3.63) is 60.3 Å². The Kier molecular flexibility index (Phi) is 2.30. The molecule has 0 atom stereocenters. The van der Waals surface area contributed by atoms with Crippen LogP contribution in [-0.4, -0.2) is 0 Å². The highest BCUT2D eigenvalue weighted by Crippen LogP contribution is 2.47. The first-order chi connectivity index (χ1) is 8.29.